The first kappa shape index (κ1) is 16.6. The number of hydrogen-bond acceptors (Lipinski definition) is 2. The molecule has 0 fully saturated rings. The van der Waals surface area contributed by atoms with Gasteiger partial charge in [0.15, 0.2) is 0 Å². The van der Waals surface area contributed by atoms with E-state index in [2.05, 4.69) is 0 Å². The highest BCUT2D eigenvalue weighted by molar-refractivity contribution is 7.91. The molecule has 0 amide bonds. The van der Waals surface area contributed by atoms with E-state index in [4.69, 9.17) is 0 Å². The van der Waals surface area contributed by atoms with E-state index in [0.29, 0.717) is 9.79 Å². The molecule has 0 saturated heterocycles. The molecule has 0 bridgehead atoms. The van der Waals surface area contributed by atoms with Gasteiger partial charge < -0.3 is 0 Å². The number of fused-ring (bicyclic) bond motifs is 1. The molecule has 0 N–H and O–H groups in total. The van der Waals surface area contributed by atoms with Gasteiger partial charge in [0.05, 0.1) is 9.79 Å². The smallest absolute Gasteiger partial charge is 0.207 e. The van der Waals surface area contributed by atoms with Crippen molar-refractivity contribution in [2.75, 3.05) is 0 Å². The van der Waals surface area contributed by atoms with Crippen LogP contribution in [0.1, 0.15) is 5.56 Å². The van der Waals surface area contributed by atoms with Gasteiger partial charge in [-0.05, 0) is 41.5 Å². The third-order valence-corrected chi connectivity index (χ3v) is 6.39. The summed E-state index contributed by atoms with van der Waals surface area (Å²) in [5.74, 6) is 0. The molecule has 0 saturated carbocycles. The number of benzene rings is 4. The predicted octanol–water partition coefficient (Wildman–Crippen LogP) is 5.65. The van der Waals surface area contributed by atoms with Crippen molar-refractivity contribution < 1.29 is 8.42 Å². The van der Waals surface area contributed by atoms with Gasteiger partial charge in [0, 0.05) is 5.56 Å². The fourth-order valence-corrected chi connectivity index (χ4v) is 4.71. The summed E-state index contributed by atoms with van der Waals surface area (Å²) in [6, 6.07) is 28.2. The van der Waals surface area contributed by atoms with Crippen molar-refractivity contribution in [3.63, 3.8) is 0 Å². The third-order valence-electron chi connectivity index (χ3n) is 4.57. The lowest BCUT2D eigenvalue weighted by atomic mass is 9.98. The molecule has 0 aliphatic heterocycles. The first-order valence-corrected chi connectivity index (χ1v) is 9.94. The maximum Gasteiger partial charge on any atom is 0.207 e. The average molecular weight is 358 g/mol. The van der Waals surface area contributed by atoms with E-state index in [9.17, 15) is 8.42 Å². The van der Waals surface area contributed by atoms with Crippen molar-refractivity contribution in [2.45, 2.75) is 16.7 Å². The Morgan fingerprint density at radius 2 is 1.31 bits per heavy atom. The second-order valence-corrected chi connectivity index (χ2v) is 8.26. The first-order valence-electron chi connectivity index (χ1n) is 8.46. The molecule has 0 heterocycles. The van der Waals surface area contributed by atoms with Gasteiger partial charge in [-0.25, -0.2) is 8.42 Å². The van der Waals surface area contributed by atoms with E-state index >= 15 is 0 Å². The maximum atomic E-state index is 13.4. The van der Waals surface area contributed by atoms with Crippen LogP contribution in [0.2, 0.25) is 0 Å². The number of hydrogen-bond donors (Lipinski definition) is 0. The summed E-state index contributed by atoms with van der Waals surface area (Å²) in [5.41, 5.74) is 2.69. The molecule has 0 radical (unpaired) electrons. The fraction of sp³-hybridized carbons (Fsp3) is 0.0435. The monoisotopic (exact) mass is 358 g/mol. The second-order valence-electron chi connectivity index (χ2n) is 6.34. The molecule has 4 rings (SSSR count). The lowest BCUT2D eigenvalue weighted by Crippen LogP contribution is -2.04. The molecule has 3 heteroatoms. The van der Waals surface area contributed by atoms with Crippen molar-refractivity contribution in [1.29, 1.82) is 0 Å². The highest BCUT2D eigenvalue weighted by Crippen LogP contribution is 2.37. The fourth-order valence-electron chi connectivity index (χ4n) is 3.22. The Kier molecular flexibility index (Phi) is 4.09. The lowest BCUT2D eigenvalue weighted by Gasteiger charge is -2.14. The van der Waals surface area contributed by atoms with Crippen LogP contribution in [0.4, 0.5) is 0 Å². The van der Waals surface area contributed by atoms with Crippen molar-refractivity contribution in [2.24, 2.45) is 0 Å². The van der Waals surface area contributed by atoms with E-state index in [0.717, 1.165) is 27.5 Å². The molecular weight excluding hydrogens is 340 g/mol. The Morgan fingerprint density at radius 1 is 0.654 bits per heavy atom. The molecule has 0 aromatic heterocycles. The van der Waals surface area contributed by atoms with Gasteiger partial charge in [0.25, 0.3) is 0 Å². The van der Waals surface area contributed by atoms with Gasteiger partial charge in [0.2, 0.25) is 9.84 Å². The summed E-state index contributed by atoms with van der Waals surface area (Å²) >= 11 is 0. The number of rotatable bonds is 3. The van der Waals surface area contributed by atoms with Crippen LogP contribution in [0.25, 0.3) is 21.9 Å². The van der Waals surface area contributed by atoms with E-state index in [-0.39, 0.29) is 0 Å². The Bertz CT molecular complexity index is 1180. The van der Waals surface area contributed by atoms with Crippen molar-refractivity contribution in [1.82, 2.24) is 0 Å². The molecule has 128 valence electrons. The Labute approximate surface area is 153 Å². The quantitative estimate of drug-likeness (QED) is 0.474. The van der Waals surface area contributed by atoms with E-state index in [1.54, 1.807) is 18.2 Å². The van der Waals surface area contributed by atoms with Gasteiger partial charge in [0.1, 0.15) is 0 Å². The summed E-state index contributed by atoms with van der Waals surface area (Å²) in [4.78, 5) is 0.654. The first-order chi connectivity index (χ1) is 12.6. The minimum absolute atomic E-state index is 0.315. The van der Waals surface area contributed by atoms with Crippen LogP contribution in [-0.2, 0) is 9.84 Å². The number of sulfone groups is 1. The van der Waals surface area contributed by atoms with Crippen molar-refractivity contribution >= 4 is 20.6 Å². The zero-order valence-electron chi connectivity index (χ0n) is 14.4. The lowest BCUT2D eigenvalue weighted by molar-refractivity contribution is 0.596. The largest absolute Gasteiger partial charge is 0.218 e. The summed E-state index contributed by atoms with van der Waals surface area (Å²) in [7, 11) is -3.63. The summed E-state index contributed by atoms with van der Waals surface area (Å²) in [6.07, 6.45) is 0. The Hall–Kier alpha value is -2.91. The molecule has 0 aliphatic rings. The van der Waals surface area contributed by atoms with Crippen molar-refractivity contribution in [3.05, 3.63) is 96.6 Å². The van der Waals surface area contributed by atoms with Crippen LogP contribution in [0.15, 0.2) is 101 Å². The number of aryl methyl sites for hydroxylation is 1. The van der Waals surface area contributed by atoms with Gasteiger partial charge in [-0.15, -0.1) is 0 Å². The minimum atomic E-state index is -3.63. The van der Waals surface area contributed by atoms with E-state index < -0.39 is 9.84 Å². The highest BCUT2D eigenvalue weighted by atomic mass is 32.2. The van der Waals surface area contributed by atoms with E-state index in [1.165, 1.54) is 0 Å². The molecule has 2 nitrogen and oxygen atoms in total. The second kappa shape index (κ2) is 6.43. The molecule has 0 unspecified atom stereocenters. The van der Waals surface area contributed by atoms with Gasteiger partial charge in [-0.2, -0.15) is 0 Å². The summed E-state index contributed by atoms with van der Waals surface area (Å²) < 4.78 is 26.8. The van der Waals surface area contributed by atoms with E-state index in [1.807, 2.05) is 79.7 Å². The third kappa shape index (κ3) is 2.80. The maximum absolute atomic E-state index is 13.4. The van der Waals surface area contributed by atoms with Crippen LogP contribution in [0, 0.1) is 6.92 Å². The molecular formula is C23H18O2S. The average Bonchev–Trinajstić information content (AvgIpc) is 2.68. The Morgan fingerprint density at radius 3 is 2.04 bits per heavy atom. The standard InChI is InChI=1S/C23H18O2S/c1-17-11-14-20(15-12-17)26(24,25)22-16-13-18-7-5-6-10-21(18)23(22)19-8-3-2-4-9-19/h2-16H,1H3. The summed E-state index contributed by atoms with van der Waals surface area (Å²) in [6.45, 7) is 1.95. The highest BCUT2D eigenvalue weighted by Gasteiger charge is 2.23. The molecule has 26 heavy (non-hydrogen) atoms. The molecule has 4 aromatic rings. The summed E-state index contributed by atoms with van der Waals surface area (Å²) in [5, 5.41) is 1.96. The van der Waals surface area contributed by atoms with Crippen LogP contribution in [0.3, 0.4) is 0 Å². The molecule has 0 atom stereocenters. The predicted molar refractivity (Wildman–Crippen MR) is 106 cm³/mol. The van der Waals surface area contributed by atoms with Crippen LogP contribution in [0.5, 0.6) is 0 Å². The SMILES string of the molecule is Cc1ccc(S(=O)(=O)c2ccc3ccccc3c2-c2ccccc2)cc1. The van der Waals surface area contributed by atoms with Crippen LogP contribution >= 0.6 is 0 Å². The molecule has 0 spiro atoms. The minimum Gasteiger partial charge on any atom is -0.218 e. The van der Waals surface area contributed by atoms with Gasteiger partial charge >= 0.3 is 0 Å². The zero-order chi connectivity index (χ0) is 18.1. The van der Waals surface area contributed by atoms with Gasteiger partial charge in [-0.3, -0.25) is 0 Å². The van der Waals surface area contributed by atoms with Crippen LogP contribution < -0.4 is 0 Å². The van der Waals surface area contributed by atoms with Crippen LogP contribution in [-0.4, -0.2) is 8.42 Å². The van der Waals surface area contributed by atoms with Gasteiger partial charge in [-0.1, -0.05) is 78.4 Å². The molecule has 4 aromatic carbocycles. The Balaban J connectivity index is 2.06. The zero-order valence-corrected chi connectivity index (χ0v) is 15.2. The van der Waals surface area contributed by atoms with Crippen molar-refractivity contribution in [3.8, 4) is 11.1 Å². The topological polar surface area (TPSA) is 34.1 Å². The molecule has 0 aliphatic carbocycles. The normalized spacial score (nSPS) is 11.6.